The molecule has 0 aromatic heterocycles. The van der Waals surface area contributed by atoms with Crippen LogP contribution in [0, 0.1) is 11.3 Å². The number of benzene rings is 2. The average Bonchev–Trinajstić information content (AvgIpc) is 2.57. The fourth-order valence-corrected chi connectivity index (χ4v) is 2.49. The normalized spacial score (nSPS) is 10.4. The summed E-state index contributed by atoms with van der Waals surface area (Å²) in [7, 11) is 1.93. The molecule has 1 amide bonds. The van der Waals surface area contributed by atoms with Crippen LogP contribution < -0.4 is 5.32 Å². The van der Waals surface area contributed by atoms with Gasteiger partial charge in [0.25, 0.3) is 0 Å². The Balaban J connectivity index is 1.83. The van der Waals surface area contributed by atoms with Crippen molar-refractivity contribution in [1.29, 1.82) is 5.26 Å². The summed E-state index contributed by atoms with van der Waals surface area (Å²) in [5, 5.41) is 11.5. The van der Waals surface area contributed by atoms with Crippen molar-refractivity contribution in [2.75, 3.05) is 18.9 Å². The summed E-state index contributed by atoms with van der Waals surface area (Å²) in [6.07, 6.45) is 1.42. The molecule has 0 fully saturated rings. The number of carbonyl (C=O) groups is 1. The second-order valence-electron chi connectivity index (χ2n) is 5.92. The van der Waals surface area contributed by atoms with E-state index in [-0.39, 0.29) is 5.91 Å². The average molecular weight is 321 g/mol. The van der Waals surface area contributed by atoms with Gasteiger partial charge in [-0.25, -0.2) is 0 Å². The molecule has 2 aromatic rings. The SMILES string of the molecule is CCc1ccc(CN(C)CC(=O)Nc2ccc(CC#N)cc2)cc1. The van der Waals surface area contributed by atoms with Gasteiger partial charge in [0.1, 0.15) is 0 Å². The highest BCUT2D eigenvalue weighted by molar-refractivity contribution is 5.92. The van der Waals surface area contributed by atoms with Gasteiger partial charge in [-0.1, -0.05) is 43.3 Å². The fraction of sp³-hybridized carbons (Fsp3) is 0.300. The summed E-state index contributed by atoms with van der Waals surface area (Å²) < 4.78 is 0. The van der Waals surface area contributed by atoms with Gasteiger partial charge in [-0.3, -0.25) is 9.69 Å². The Bertz CT molecular complexity index is 699. The van der Waals surface area contributed by atoms with E-state index in [0.29, 0.717) is 13.0 Å². The number of likely N-dealkylation sites (N-methyl/N-ethyl adjacent to an activating group) is 1. The second kappa shape index (κ2) is 8.85. The third kappa shape index (κ3) is 5.53. The fourth-order valence-electron chi connectivity index (χ4n) is 2.49. The zero-order valence-corrected chi connectivity index (χ0v) is 14.2. The van der Waals surface area contributed by atoms with E-state index in [1.54, 1.807) is 0 Å². The number of nitrogens with one attached hydrogen (secondary N) is 1. The van der Waals surface area contributed by atoms with Crippen LogP contribution in [0.15, 0.2) is 48.5 Å². The first kappa shape index (κ1) is 17.7. The van der Waals surface area contributed by atoms with Crippen molar-refractivity contribution in [2.45, 2.75) is 26.3 Å². The van der Waals surface area contributed by atoms with Crippen molar-refractivity contribution in [3.8, 4) is 6.07 Å². The first-order valence-electron chi connectivity index (χ1n) is 8.13. The third-order valence-corrected chi connectivity index (χ3v) is 3.82. The summed E-state index contributed by atoms with van der Waals surface area (Å²) >= 11 is 0. The molecular weight excluding hydrogens is 298 g/mol. The van der Waals surface area contributed by atoms with Crippen LogP contribution in [-0.4, -0.2) is 24.4 Å². The molecule has 0 radical (unpaired) electrons. The molecule has 0 spiro atoms. The van der Waals surface area contributed by atoms with E-state index in [4.69, 9.17) is 5.26 Å². The smallest absolute Gasteiger partial charge is 0.238 e. The minimum absolute atomic E-state index is 0.0456. The van der Waals surface area contributed by atoms with Crippen LogP contribution in [0.3, 0.4) is 0 Å². The number of carbonyl (C=O) groups excluding carboxylic acids is 1. The summed E-state index contributed by atoms with van der Waals surface area (Å²) in [6.45, 7) is 3.20. The number of hydrogen-bond acceptors (Lipinski definition) is 3. The van der Waals surface area contributed by atoms with Gasteiger partial charge in [0.05, 0.1) is 19.0 Å². The maximum absolute atomic E-state index is 12.1. The number of amides is 1. The summed E-state index contributed by atoms with van der Waals surface area (Å²) in [4.78, 5) is 14.1. The van der Waals surface area contributed by atoms with Gasteiger partial charge in [0.2, 0.25) is 5.91 Å². The number of hydrogen-bond donors (Lipinski definition) is 1. The van der Waals surface area contributed by atoms with Crippen molar-refractivity contribution in [2.24, 2.45) is 0 Å². The third-order valence-electron chi connectivity index (χ3n) is 3.82. The van der Waals surface area contributed by atoms with E-state index in [2.05, 4.69) is 42.6 Å². The van der Waals surface area contributed by atoms with E-state index in [9.17, 15) is 4.79 Å². The molecule has 0 aliphatic carbocycles. The number of nitrogens with zero attached hydrogens (tertiary/aromatic N) is 2. The van der Waals surface area contributed by atoms with Crippen molar-refractivity contribution < 1.29 is 4.79 Å². The zero-order valence-electron chi connectivity index (χ0n) is 14.2. The Hall–Kier alpha value is -2.64. The molecule has 2 rings (SSSR count). The van der Waals surface area contributed by atoms with Gasteiger partial charge in [-0.2, -0.15) is 5.26 Å². The highest BCUT2D eigenvalue weighted by Gasteiger charge is 2.08. The molecule has 0 bridgehead atoms. The Kier molecular flexibility index (Phi) is 6.53. The molecule has 0 saturated heterocycles. The van der Waals surface area contributed by atoms with Gasteiger partial charge in [-0.15, -0.1) is 0 Å². The molecule has 0 unspecified atom stereocenters. The molecule has 0 aliphatic heterocycles. The summed E-state index contributed by atoms with van der Waals surface area (Å²) in [5.41, 5.74) is 4.22. The first-order valence-corrected chi connectivity index (χ1v) is 8.13. The lowest BCUT2D eigenvalue weighted by Gasteiger charge is -2.16. The Morgan fingerprint density at radius 3 is 2.21 bits per heavy atom. The highest BCUT2D eigenvalue weighted by atomic mass is 16.2. The van der Waals surface area contributed by atoms with E-state index in [0.717, 1.165) is 24.2 Å². The molecule has 4 nitrogen and oxygen atoms in total. The molecule has 2 aromatic carbocycles. The van der Waals surface area contributed by atoms with Crippen LogP contribution >= 0.6 is 0 Å². The van der Waals surface area contributed by atoms with Crippen LogP contribution in [0.25, 0.3) is 0 Å². The molecule has 0 heterocycles. The van der Waals surface area contributed by atoms with Gasteiger partial charge < -0.3 is 5.32 Å². The number of anilines is 1. The number of rotatable bonds is 7. The lowest BCUT2D eigenvalue weighted by atomic mass is 10.1. The first-order chi connectivity index (χ1) is 11.6. The maximum atomic E-state index is 12.1. The number of nitriles is 1. The Morgan fingerprint density at radius 2 is 1.62 bits per heavy atom. The van der Waals surface area contributed by atoms with Crippen molar-refractivity contribution in [3.05, 3.63) is 65.2 Å². The largest absolute Gasteiger partial charge is 0.325 e. The van der Waals surface area contributed by atoms with Crippen LogP contribution in [-0.2, 0) is 24.2 Å². The van der Waals surface area contributed by atoms with Gasteiger partial charge >= 0.3 is 0 Å². The topological polar surface area (TPSA) is 56.1 Å². The lowest BCUT2D eigenvalue weighted by molar-refractivity contribution is -0.117. The standard InChI is InChI=1S/C20H23N3O/c1-3-16-4-6-18(7-5-16)14-23(2)15-20(24)22-19-10-8-17(9-11-19)12-13-21/h4-11H,3,12,14-15H2,1-2H3,(H,22,24). The minimum atomic E-state index is -0.0456. The lowest BCUT2D eigenvalue weighted by Crippen LogP contribution is -2.29. The van der Waals surface area contributed by atoms with Crippen LogP contribution in [0.2, 0.25) is 0 Å². The summed E-state index contributed by atoms with van der Waals surface area (Å²) in [6, 6.07) is 18.0. The summed E-state index contributed by atoms with van der Waals surface area (Å²) in [5.74, 6) is -0.0456. The van der Waals surface area contributed by atoms with E-state index >= 15 is 0 Å². The van der Waals surface area contributed by atoms with Crippen LogP contribution in [0.1, 0.15) is 23.6 Å². The molecule has 0 atom stereocenters. The van der Waals surface area contributed by atoms with Crippen LogP contribution in [0.4, 0.5) is 5.69 Å². The van der Waals surface area contributed by atoms with E-state index in [1.165, 1.54) is 11.1 Å². The highest BCUT2D eigenvalue weighted by Crippen LogP contribution is 2.11. The molecule has 0 aliphatic rings. The van der Waals surface area contributed by atoms with Gasteiger partial charge in [0.15, 0.2) is 0 Å². The molecule has 1 N–H and O–H groups in total. The van der Waals surface area contributed by atoms with E-state index in [1.807, 2.05) is 36.2 Å². The van der Waals surface area contributed by atoms with Crippen molar-refractivity contribution in [3.63, 3.8) is 0 Å². The molecular formula is C20H23N3O. The van der Waals surface area contributed by atoms with Crippen molar-refractivity contribution >= 4 is 11.6 Å². The van der Waals surface area contributed by atoms with Crippen molar-refractivity contribution in [1.82, 2.24) is 4.90 Å². The Morgan fingerprint density at radius 1 is 1.04 bits per heavy atom. The van der Waals surface area contributed by atoms with Gasteiger partial charge in [-0.05, 0) is 42.3 Å². The molecule has 0 saturated carbocycles. The second-order valence-corrected chi connectivity index (χ2v) is 5.92. The predicted molar refractivity (Wildman–Crippen MR) is 96.5 cm³/mol. The van der Waals surface area contributed by atoms with E-state index < -0.39 is 0 Å². The van der Waals surface area contributed by atoms with Crippen LogP contribution in [0.5, 0.6) is 0 Å². The van der Waals surface area contributed by atoms with Gasteiger partial charge in [0, 0.05) is 12.2 Å². The zero-order chi connectivity index (χ0) is 17.4. The monoisotopic (exact) mass is 321 g/mol. The maximum Gasteiger partial charge on any atom is 0.238 e. The Labute approximate surface area is 143 Å². The predicted octanol–water partition coefficient (Wildman–Crippen LogP) is 3.39. The minimum Gasteiger partial charge on any atom is -0.325 e. The molecule has 24 heavy (non-hydrogen) atoms. The molecule has 124 valence electrons. The number of aryl methyl sites for hydroxylation is 1. The quantitative estimate of drug-likeness (QED) is 0.850. The molecule has 4 heteroatoms.